The molecule has 4 rings (SSSR count). The van der Waals surface area contributed by atoms with Gasteiger partial charge in [-0.15, -0.1) is 5.10 Å². The van der Waals surface area contributed by atoms with Gasteiger partial charge >= 0.3 is 0 Å². The molecule has 1 aliphatic rings. The summed E-state index contributed by atoms with van der Waals surface area (Å²) in [5.41, 5.74) is 3.89. The van der Waals surface area contributed by atoms with Gasteiger partial charge in [0.05, 0.1) is 11.4 Å². The summed E-state index contributed by atoms with van der Waals surface area (Å²) >= 11 is 0. The second-order valence-corrected chi connectivity index (χ2v) is 7.06. The molecule has 0 spiro atoms. The Morgan fingerprint density at radius 3 is 2.57 bits per heavy atom. The van der Waals surface area contributed by atoms with Crippen molar-refractivity contribution in [3.8, 4) is 5.69 Å². The van der Waals surface area contributed by atoms with Crippen LogP contribution >= 0.6 is 0 Å². The summed E-state index contributed by atoms with van der Waals surface area (Å²) in [5.74, 6) is -0.490. The van der Waals surface area contributed by atoms with Crippen molar-refractivity contribution in [1.29, 1.82) is 0 Å². The molecule has 0 atom stereocenters. The molecule has 0 aliphatic heterocycles. The number of benzene rings is 2. The molecule has 142 valence electrons. The average Bonchev–Trinajstić information content (AvgIpc) is 3.40. The Hall–Kier alpha value is -3.48. The molecule has 1 saturated carbocycles. The molecule has 7 nitrogen and oxygen atoms in total. The van der Waals surface area contributed by atoms with E-state index in [0.717, 1.165) is 24.1 Å². The van der Waals surface area contributed by atoms with Gasteiger partial charge < -0.3 is 10.6 Å². The molecule has 2 amide bonds. The zero-order valence-corrected chi connectivity index (χ0v) is 15.8. The number of hydrogen-bond acceptors (Lipinski definition) is 4. The Morgan fingerprint density at radius 2 is 1.82 bits per heavy atom. The van der Waals surface area contributed by atoms with Crippen LogP contribution in [0.3, 0.4) is 0 Å². The fraction of sp³-hybridized carbons (Fsp3) is 0.238. The van der Waals surface area contributed by atoms with Crippen molar-refractivity contribution in [3.05, 3.63) is 71.0 Å². The van der Waals surface area contributed by atoms with E-state index in [0.29, 0.717) is 16.9 Å². The molecule has 2 aromatic carbocycles. The molecule has 1 heterocycles. The predicted octanol–water partition coefficient (Wildman–Crippen LogP) is 3.03. The van der Waals surface area contributed by atoms with Crippen molar-refractivity contribution in [3.63, 3.8) is 0 Å². The van der Waals surface area contributed by atoms with Crippen LogP contribution in [-0.2, 0) is 0 Å². The Morgan fingerprint density at radius 1 is 1.04 bits per heavy atom. The third-order valence-corrected chi connectivity index (χ3v) is 4.65. The maximum Gasteiger partial charge on any atom is 0.278 e. The number of carbonyl (C=O) groups is 2. The highest BCUT2D eigenvalue weighted by molar-refractivity contribution is 6.04. The van der Waals surface area contributed by atoms with Gasteiger partial charge in [-0.25, -0.2) is 4.68 Å². The quantitative estimate of drug-likeness (QED) is 0.717. The van der Waals surface area contributed by atoms with Gasteiger partial charge in [-0.1, -0.05) is 23.4 Å². The second-order valence-electron chi connectivity index (χ2n) is 7.06. The van der Waals surface area contributed by atoms with Gasteiger partial charge in [-0.3, -0.25) is 9.59 Å². The highest BCUT2D eigenvalue weighted by atomic mass is 16.2. The normalized spacial score (nSPS) is 13.2. The summed E-state index contributed by atoms with van der Waals surface area (Å²) in [6.07, 6.45) is 2.05. The summed E-state index contributed by atoms with van der Waals surface area (Å²) in [6, 6.07) is 15.0. The van der Waals surface area contributed by atoms with Gasteiger partial charge in [0.2, 0.25) is 0 Å². The van der Waals surface area contributed by atoms with Crippen LogP contribution in [0.25, 0.3) is 5.69 Å². The molecular weight excluding hydrogens is 354 g/mol. The van der Waals surface area contributed by atoms with E-state index in [-0.39, 0.29) is 23.6 Å². The maximum absolute atomic E-state index is 12.7. The van der Waals surface area contributed by atoms with Crippen LogP contribution in [0.2, 0.25) is 0 Å². The monoisotopic (exact) mass is 375 g/mol. The topological polar surface area (TPSA) is 88.9 Å². The van der Waals surface area contributed by atoms with E-state index in [2.05, 4.69) is 20.9 Å². The first-order valence-corrected chi connectivity index (χ1v) is 9.23. The van der Waals surface area contributed by atoms with E-state index >= 15 is 0 Å². The first-order valence-electron chi connectivity index (χ1n) is 9.23. The van der Waals surface area contributed by atoms with Crippen LogP contribution in [-0.4, -0.2) is 32.9 Å². The largest absolute Gasteiger partial charge is 0.349 e. The molecule has 0 bridgehead atoms. The number of anilines is 1. The summed E-state index contributed by atoms with van der Waals surface area (Å²) in [6.45, 7) is 3.80. The lowest BCUT2D eigenvalue weighted by Gasteiger charge is -2.08. The number of nitrogens with one attached hydrogen (secondary N) is 2. The van der Waals surface area contributed by atoms with Gasteiger partial charge in [0.25, 0.3) is 11.8 Å². The zero-order chi connectivity index (χ0) is 19.7. The van der Waals surface area contributed by atoms with Gasteiger partial charge in [-0.05, 0) is 62.6 Å². The minimum Gasteiger partial charge on any atom is -0.349 e. The molecule has 7 heteroatoms. The van der Waals surface area contributed by atoms with E-state index in [4.69, 9.17) is 0 Å². The van der Waals surface area contributed by atoms with Crippen molar-refractivity contribution in [1.82, 2.24) is 20.3 Å². The highest BCUT2D eigenvalue weighted by Crippen LogP contribution is 2.20. The number of rotatable bonds is 5. The van der Waals surface area contributed by atoms with Crippen molar-refractivity contribution in [2.24, 2.45) is 0 Å². The molecule has 1 aliphatic carbocycles. The fourth-order valence-corrected chi connectivity index (χ4v) is 2.97. The van der Waals surface area contributed by atoms with Crippen molar-refractivity contribution < 1.29 is 9.59 Å². The Labute approximate surface area is 162 Å². The lowest BCUT2D eigenvalue weighted by Crippen LogP contribution is -2.25. The average molecular weight is 375 g/mol. The number of aromatic nitrogens is 3. The molecule has 28 heavy (non-hydrogen) atoms. The summed E-state index contributed by atoms with van der Waals surface area (Å²) < 4.78 is 1.64. The third-order valence-electron chi connectivity index (χ3n) is 4.65. The van der Waals surface area contributed by atoms with E-state index in [1.807, 2.05) is 31.2 Å². The first kappa shape index (κ1) is 17.9. The summed E-state index contributed by atoms with van der Waals surface area (Å²) in [5, 5.41) is 13.9. The first-order chi connectivity index (χ1) is 13.5. The van der Waals surface area contributed by atoms with Crippen molar-refractivity contribution in [2.75, 3.05) is 5.32 Å². The molecule has 2 N–H and O–H groups in total. The number of carbonyl (C=O) groups excluding carboxylic acids is 2. The van der Waals surface area contributed by atoms with E-state index in [9.17, 15) is 9.59 Å². The molecule has 3 aromatic rings. The number of nitrogens with zero attached hydrogens (tertiary/aromatic N) is 3. The van der Waals surface area contributed by atoms with Gasteiger partial charge in [0.15, 0.2) is 5.69 Å². The van der Waals surface area contributed by atoms with Crippen LogP contribution in [0.5, 0.6) is 0 Å². The molecule has 0 radical (unpaired) electrons. The lowest BCUT2D eigenvalue weighted by molar-refractivity contribution is 0.0949. The van der Waals surface area contributed by atoms with Crippen LogP contribution in [0.1, 0.15) is 44.9 Å². The van der Waals surface area contributed by atoms with Gasteiger partial charge in [0.1, 0.15) is 0 Å². The molecular formula is C21H21N5O2. The molecule has 1 aromatic heterocycles. The molecule has 1 fully saturated rings. The Bertz CT molecular complexity index is 1050. The second kappa shape index (κ2) is 7.26. The van der Waals surface area contributed by atoms with Gasteiger partial charge in [-0.2, -0.15) is 0 Å². The van der Waals surface area contributed by atoms with Crippen molar-refractivity contribution in [2.45, 2.75) is 32.7 Å². The van der Waals surface area contributed by atoms with Crippen LogP contribution < -0.4 is 10.6 Å². The SMILES string of the molecule is Cc1cccc(-n2nnc(C(=O)Nc3cccc(C(=O)NC4CC4)c3)c2C)c1. The standard InChI is InChI=1S/C21H21N5O2/c1-13-5-3-8-18(11-13)26-14(2)19(24-25-26)21(28)23-17-7-4-6-15(12-17)20(27)22-16-9-10-16/h3-8,11-12,16H,9-10H2,1-2H3,(H,22,27)(H,23,28). The number of hydrogen-bond donors (Lipinski definition) is 2. The fourth-order valence-electron chi connectivity index (χ4n) is 2.97. The lowest BCUT2D eigenvalue weighted by atomic mass is 10.2. The van der Waals surface area contributed by atoms with E-state index in [1.54, 1.807) is 35.9 Å². The van der Waals surface area contributed by atoms with Crippen molar-refractivity contribution >= 4 is 17.5 Å². The van der Waals surface area contributed by atoms with Crippen LogP contribution in [0.15, 0.2) is 48.5 Å². The highest BCUT2D eigenvalue weighted by Gasteiger charge is 2.24. The smallest absolute Gasteiger partial charge is 0.278 e. The van der Waals surface area contributed by atoms with Crippen LogP contribution in [0, 0.1) is 13.8 Å². The third kappa shape index (κ3) is 3.78. The summed E-state index contributed by atoms with van der Waals surface area (Å²) in [7, 11) is 0. The minimum absolute atomic E-state index is 0.125. The van der Waals surface area contributed by atoms with E-state index < -0.39 is 0 Å². The predicted molar refractivity (Wildman–Crippen MR) is 106 cm³/mol. The van der Waals surface area contributed by atoms with Gasteiger partial charge in [0, 0.05) is 17.3 Å². The zero-order valence-electron chi connectivity index (χ0n) is 15.8. The number of amides is 2. The van der Waals surface area contributed by atoms with E-state index in [1.165, 1.54) is 0 Å². The Kier molecular flexibility index (Phi) is 4.65. The van der Waals surface area contributed by atoms with Crippen LogP contribution in [0.4, 0.5) is 5.69 Å². The summed E-state index contributed by atoms with van der Waals surface area (Å²) in [4.78, 5) is 24.9. The Balaban J connectivity index is 1.52. The maximum atomic E-state index is 12.7. The molecule has 0 unspecified atom stereocenters. The minimum atomic E-state index is -0.365. The number of aryl methyl sites for hydroxylation is 1. The molecule has 0 saturated heterocycles.